The van der Waals surface area contributed by atoms with E-state index in [2.05, 4.69) is 4.98 Å². The molecule has 0 fully saturated rings. The van der Waals surface area contributed by atoms with E-state index in [0.29, 0.717) is 64.3 Å². The van der Waals surface area contributed by atoms with Gasteiger partial charge in [0.1, 0.15) is 29.2 Å². The molecule has 0 bridgehead atoms. The number of methoxy groups -OCH3 is 4. The Kier molecular flexibility index (Phi) is 9.08. The highest BCUT2D eigenvalue weighted by atomic mass is 32.2. The van der Waals surface area contributed by atoms with Crippen LogP contribution in [-0.2, 0) is 17.4 Å². The van der Waals surface area contributed by atoms with Gasteiger partial charge < -0.3 is 28.8 Å². The lowest BCUT2D eigenvalue weighted by Gasteiger charge is -2.15. The number of ether oxygens (including phenoxy) is 5. The van der Waals surface area contributed by atoms with Crippen LogP contribution in [0.4, 0.5) is 0 Å². The van der Waals surface area contributed by atoms with Gasteiger partial charge >= 0.3 is 5.56 Å². The summed E-state index contributed by atoms with van der Waals surface area (Å²) in [4.78, 5) is 18.5. The number of fused-ring (bicyclic) bond motifs is 1. The van der Waals surface area contributed by atoms with Gasteiger partial charge in [0, 0.05) is 35.6 Å². The third-order valence-corrected chi connectivity index (χ3v) is 8.27. The van der Waals surface area contributed by atoms with Crippen molar-refractivity contribution in [2.75, 3.05) is 47.1 Å². The van der Waals surface area contributed by atoms with Crippen LogP contribution in [0.3, 0.4) is 0 Å². The zero-order valence-electron chi connectivity index (χ0n) is 22.7. The number of pyridine rings is 2. The Hall–Kier alpha value is -4.05. The maximum Gasteiger partial charge on any atom is 0.311 e. The van der Waals surface area contributed by atoms with E-state index in [0.717, 1.165) is 11.3 Å². The van der Waals surface area contributed by atoms with Gasteiger partial charge in [-0.2, -0.15) is 0 Å². The van der Waals surface area contributed by atoms with Gasteiger partial charge in [0.15, 0.2) is 17.2 Å². The minimum atomic E-state index is -0.541. The molecule has 0 aliphatic heterocycles. The summed E-state index contributed by atoms with van der Waals surface area (Å²) >= 11 is 0. The molecule has 2 heterocycles. The lowest BCUT2D eigenvalue weighted by atomic mass is 10.2. The van der Waals surface area contributed by atoms with Crippen LogP contribution in [0, 0.1) is 0 Å². The van der Waals surface area contributed by atoms with Gasteiger partial charge in [0.2, 0.25) is 5.75 Å². The van der Waals surface area contributed by atoms with E-state index in [4.69, 9.17) is 23.7 Å². The summed E-state index contributed by atoms with van der Waals surface area (Å²) in [5, 5.41) is 11.7. The minimum Gasteiger partial charge on any atom is -0.503 e. The molecule has 1 atom stereocenters. The quantitative estimate of drug-likeness (QED) is 0.205. The molecule has 1 unspecified atom stereocenters. The Balaban J connectivity index is 1.54. The first kappa shape index (κ1) is 28.0. The first-order valence-corrected chi connectivity index (χ1v) is 14.1. The Labute approximate surface area is 230 Å². The minimum absolute atomic E-state index is 0.00883. The fraction of sp³-hybridized carbons (Fsp3) is 0.310. The molecule has 1 N–H and O–H groups in total. The van der Waals surface area contributed by atoms with E-state index >= 15 is 0 Å². The summed E-state index contributed by atoms with van der Waals surface area (Å²) in [6.07, 6.45) is 4.26. The van der Waals surface area contributed by atoms with Gasteiger partial charge in [-0.05, 0) is 29.8 Å². The normalized spacial score (nSPS) is 11.7. The summed E-state index contributed by atoms with van der Waals surface area (Å²) in [6.45, 7) is 0.733. The van der Waals surface area contributed by atoms with E-state index in [1.54, 1.807) is 63.5 Å². The Morgan fingerprint density at radius 3 is 2.23 bits per heavy atom. The van der Waals surface area contributed by atoms with Crippen molar-refractivity contribution in [1.82, 2.24) is 9.55 Å². The molecule has 9 nitrogen and oxygen atoms in total. The van der Waals surface area contributed by atoms with Crippen molar-refractivity contribution < 1.29 is 28.8 Å². The van der Waals surface area contributed by atoms with E-state index < -0.39 is 10.9 Å². The van der Waals surface area contributed by atoms with Gasteiger partial charge in [-0.15, -0.1) is 0 Å². The molecule has 10 heteroatoms. The maximum atomic E-state index is 13.7. The molecule has 0 spiro atoms. The number of aromatic hydroxyl groups is 1. The standard InChI is InChI=1S/C29H32N2O7S/c1-34-20-11-9-19(10-12-20)18-31-28-22(8-6-13-30-28)25(32)27(29(31)33)39(5)15-7-14-38-21-16-23(35-2)26(37-4)24(17-21)36-3/h6,8-13,16-17H,7,14-15,18H2,1-5H3/p+1. The van der Waals surface area contributed by atoms with Crippen LogP contribution in [0.5, 0.6) is 34.5 Å². The molecular weight excluding hydrogens is 520 g/mol. The van der Waals surface area contributed by atoms with E-state index in [9.17, 15) is 9.90 Å². The number of hydrogen-bond donors (Lipinski definition) is 1. The van der Waals surface area contributed by atoms with Gasteiger partial charge in [0.05, 0.1) is 47.0 Å². The number of benzene rings is 2. The fourth-order valence-corrected chi connectivity index (χ4v) is 5.92. The molecule has 0 radical (unpaired) electrons. The summed E-state index contributed by atoms with van der Waals surface area (Å²) in [5.74, 6) is 3.48. The van der Waals surface area contributed by atoms with Crippen molar-refractivity contribution in [1.29, 1.82) is 0 Å². The van der Waals surface area contributed by atoms with E-state index in [-0.39, 0.29) is 11.3 Å². The van der Waals surface area contributed by atoms with Crippen LogP contribution >= 0.6 is 0 Å². The molecule has 0 saturated carbocycles. The predicted molar refractivity (Wildman–Crippen MR) is 152 cm³/mol. The van der Waals surface area contributed by atoms with Crippen LogP contribution in [0.25, 0.3) is 11.0 Å². The molecule has 4 aromatic rings. The van der Waals surface area contributed by atoms with Gasteiger partial charge in [0.25, 0.3) is 4.90 Å². The van der Waals surface area contributed by atoms with Gasteiger partial charge in [-0.25, -0.2) is 4.98 Å². The fourth-order valence-electron chi connectivity index (χ4n) is 4.32. The summed E-state index contributed by atoms with van der Waals surface area (Å²) in [7, 11) is 5.72. The number of aromatic nitrogens is 2. The zero-order valence-corrected chi connectivity index (χ0v) is 23.5. The summed E-state index contributed by atoms with van der Waals surface area (Å²) in [5.41, 5.74) is 1.13. The molecule has 4 rings (SSSR count). The topological polar surface area (TPSA) is 101 Å². The van der Waals surface area contributed by atoms with E-state index in [1.165, 1.54) is 0 Å². The van der Waals surface area contributed by atoms with Crippen molar-refractivity contribution in [2.24, 2.45) is 0 Å². The van der Waals surface area contributed by atoms with Crippen molar-refractivity contribution >= 4 is 21.9 Å². The van der Waals surface area contributed by atoms with Crippen LogP contribution in [0.2, 0.25) is 0 Å². The van der Waals surface area contributed by atoms with Crippen LogP contribution in [0.1, 0.15) is 12.0 Å². The number of hydrogen-bond acceptors (Lipinski definition) is 8. The number of nitrogens with zero attached hydrogens (tertiary/aromatic N) is 2. The monoisotopic (exact) mass is 553 g/mol. The Morgan fingerprint density at radius 2 is 1.62 bits per heavy atom. The lowest BCUT2D eigenvalue weighted by Crippen LogP contribution is -2.28. The zero-order chi connectivity index (χ0) is 27.9. The smallest absolute Gasteiger partial charge is 0.311 e. The number of rotatable bonds is 12. The third-order valence-electron chi connectivity index (χ3n) is 6.30. The highest BCUT2D eigenvalue weighted by Crippen LogP contribution is 2.40. The summed E-state index contributed by atoms with van der Waals surface area (Å²) < 4.78 is 29.0. The average molecular weight is 554 g/mol. The van der Waals surface area contributed by atoms with Crippen molar-refractivity contribution in [3.05, 3.63) is 70.6 Å². The average Bonchev–Trinajstić information content (AvgIpc) is 2.97. The van der Waals surface area contributed by atoms with Crippen LogP contribution in [0.15, 0.2) is 64.4 Å². The Bertz CT molecular complexity index is 1460. The Morgan fingerprint density at radius 1 is 0.923 bits per heavy atom. The SMILES string of the molecule is COc1ccc(Cn2c(=O)c([S+](C)CCCOc3cc(OC)c(OC)c(OC)c3)c(O)c3cccnc32)cc1. The molecule has 0 saturated heterocycles. The largest absolute Gasteiger partial charge is 0.503 e. The van der Waals surface area contributed by atoms with Crippen molar-refractivity contribution in [2.45, 2.75) is 17.9 Å². The van der Waals surface area contributed by atoms with Crippen molar-refractivity contribution in [3.63, 3.8) is 0 Å². The molecule has 0 amide bonds. The van der Waals surface area contributed by atoms with Crippen LogP contribution < -0.4 is 29.2 Å². The first-order valence-electron chi connectivity index (χ1n) is 12.3. The molecule has 39 heavy (non-hydrogen) atoms. The van der Waals surface area contributed by atoms with Gasteiger partial charge in [-0.1, -0.05) is 12.1 Å². The van der Waals surface area contributed by atoms with Crippen molar-refractivity contribution in [3.8, 4) is 34.5 Å². The third kappa shape index (κ3) is 6.01. The highest BCUT2D eigenvalue weighted by molar-refractivity contribution is 7.96. The first-order chi connectivity index (χ1) is 18.9. The molecule has 2 aromatic carbocycles. The summed E-state index contributed by atoms with van der Waals surface area (Å²) in [6, 6.07) is 14.6. The second-order valence-electron chi connectivity index (χ2n) is 8.70. The molecule has 0 aliphatic carbocycles. The van der Waals surface area contributed by atoms with E-state index in [1.807, 2.05) is 30.5 Å². The lowest BCUT2D eigenvalue weighted by molar-refractivity contribution is 0.299. The molecule has 0 aliphatic rings. The van der Waals surface area contributed by atoms with Gasteiger partial charge in [-0.3, -0.25) is 9.36 Å². The predicted octanol–water partition coefficient (Wildman–Crippen LogP) is 4.26. The second kappa shape index (κ2) is 12.7. The molecule has 206 valence electrons. The second-order valence-corrected chi connectivity index (χ2v) is 10.8. The molecular formula is C29H33N2O7S+. The highest BCUT2D eigenvalue weighted by Gasteiger charge is 2.29. The van der Waals surface area contributed by atoms with Crippen LogP contribution in [-0.4, -0.2) is 61.7 Å². The maximum absolute atomic E-state index is 13.7. The molecule has 2 aromatic heterocycles.